The lowest BCUT2D eigenvalue weighted by atomic mass is 9.90. The van der Waals surface area contributed by atoms with Crippen LogP contribution in [0.15, 0.2) is 79.4 Å². The molecule has 1 aliphatic heterocycles. The smallest absolute Gasteiger partial charge is 0.381 e. The molecular weight excluding hydrogens is 413 g/mol. The second-order valence-corrected chi connectivity index (χ2v) is 7.79. The number of benzene rings is 3. The fraction of sp³-hybridized carbons (Fsp3) is 0.192. The Morgan fingerprint density at radius 2 is 1.75 bits per heavy atom. The van der Waals surface area contributed by atoms with E-state index in [-0.39, 0.29) is 5.91 Å². The Morgan fingerprint density at radius 3 is 2.41 bits per heavy atom. The first-order valence-corrected chi connectivity index (χ1v) is 10.4. The SMILES string of the molecule is C=CC(=O)N1CCc2cc(CNc3ccccc3)c(-c3ccc(C(F)(F)F)cc3)cc2C1. The number of alkyl halides is 3. The summed E-state index contributed by atoms with van der Waals surface area (Å²) >= 11 is 0. The quantitative estimate of drug-likeness (QED) is 0.494. The van der Waals surface area contributed by atoms with Gasteiger partial charge < -0.3 is 10.2 Å². The Labute approximate surface area is 185 Å². The van der Waals surface area contributed by atoms with Gasteiger partial charge in [0, 0.05) is 25.3 Å². The second-order valence-electron chi connectivity index (χ2n) is 7.79. The van der Waals surface area contributed by atoms with Crippen LogP contribution in [-0.2, 0) is 30.5 Å². The first-order valence-electron chi connectivity index (χ1n) is 10.4. The molecule has 164 valence electrons. The van der Waals surface area contributed by atoms with Crippen molar-refractivity contribution in [1.82, 2.24) is 4.90 Å². The highest BCUT2D eigenvalue weighted by Gasteiger charge is 2.30. The average Bonchev–Trinajstić information content (AvgIpc) is 2.81. The molecule has 1 amide bonds. The molecule has 32 heavy (non-hydrogen) atoms. The van der Waals surface area contributed by atoms with Gasteiger partial charge in [-0.1, -0.05) is 43.0 Å². The molecule has 4 rings (SSSR count). The van der Waals surface area contributed by atoms with E-state index < -0.39 is 11.7 Å². The predicted molar refractivity (Wildman–Crippen MR) is 120 cm³/mol. The lowest BCUT2D eigenvalue weighted by Gasteiger charge is -2.29. The molecule has 3 aromatic rings. The highest BCUT2D eigenvalue weighted by atomic mass is 19.4. The summed E-state index contributed by atoms with van der Waals surface area (Å²) in [5, 5.41) is 3.39. The Morgan fingerprint density at radius 1 is 1.03 bits per heavy atom. The number of nitrogens with zero attached hydrogens (tertiary/aromatic N) is 1. The zero-order valence-corrected chi connectivity index (χ0v) is 17.5. The number of nitrogens with one attached hydrogen (secondary N) is 1. The molecule has 1 heterocycles. The second kappa shape index (κ2) is 8.91. The predicted octanol–water partition coefficient (Wildman–Crippen LogP) is 6.06. The lowest BCUT2D eigenvalue weighted by molar-refractivity contribution is -0.137. The fourth-order valence-corrected chi connectivity index (χ4v) is 3.98. The molecule has 3 nitrogen and oxygen atoms in total. The third kappa shape index (κ3) is 4.69. The maximum atomic E-state index is 13.0. The number of anilines is 1. The van der Waals surface area contributed by atoms with Gasteiger partial charge in [-0.05, 0) is 70.6 Å². The summed E-state index contributed by atoms with van der Waals surface area (Å²) in [6.07, 6.45) is -2.35. The summed E-state index contributed by atoms with van der Waals surface area (Å²) in [5.41, 5.74) is 5.00. The van der Waals surface area contributed by atoms with Crippen LogP contribution in [0.3, 0.4) is 0 Å². The number of hydrogen-bond acceptors (Lipinski definition) is 2. The van der Waals surface area contributed by atoms with Gasteiger partial charge >= 0.3 is 6.18 Å². The molecule has 0 spiro atoms. The van der Waals surface area contributed by atoms with Crippen LogP contribution in [-0.4, -0.2) is 17.4 Å². The van der Waals surface area contributed by atoms with Crippen molar-refractivity contribution in [1.29, 1.82) is 0 Å². The van der Waals surface area contributed by atoms with E-state index in [1.165, 1.54) is 18.2 Å². The molecule has 0 fully saturated rings. The molecule has 1 aliphatic rings. The molecule has 0 bridgehead atoms. The molecule has 1 N–H and O–H groups in total. The van der Waals surface area contributed by atoms with Crippen LogP contribution < -0.4 is 5.32 Å². The number of halogens is 3. The zero-order chi connectivity index (χ0) is 22.7. The molecular formula is C26H23F3N2O. The lowest BCUT2D eigenvalue weighted by Crippen LogP contribution is -2.34. The van der Waals surface area contributed by atoms with E-state index in [1.807, 2.05) is 36.4 Å². The van der Waals surface area contributed by atoms with Crippen molar-refractivity contribution >= 4 is 11.6 Å². The zero-order valence-electron chi connectivity index (χ0n) is 17.5. The van der Waals surface area contributed by atoms with Gasteiger partial charge in [0.1, 0.15) is 0 Å². The third-order valence-corrected chi connectivity index (χ3v) is 5.70. The van der Waals surface area contributed by atoms with Gasteiger partial charge in [0.25, 0.3) is 0 Å². The van der Waals surface area contributed by atoms with Crippen LogP contribution in [0.5, 0.6) is 0 Å². The van der Waals surface area contributed by atoms with Crippen molar-refractivity contribution in [3.8, 4) is 11.1 Å². The van der Waals surface area contributed by atoms with Crippen molar-refractivity contribution in [2.45, 2.75) is 25.7 Å². The van der Waals surface area contributed by atoms with E-state index in [0.717, 1.165) is 46.5 Å². The highest BCUT2D eigenvalue weighted by Crippen LogP contribution is 2.34. The number of rotatable bonds is 5. The van der Waals surface area contributed by atoms with E-state index in [4.69, 9.17) is 0 Å². The Kier molecular flexibility index (Phi) is 6.04. The van der Waals surface area contributed by atoms with Crippen LogP contribution in [0.1, 0.15) is 22.3 Å². The van der Waals surface area contributed by atoms with Crippen molar-refractivity contribution in [3.63, 3.8) is 0 Å². The number of hydrogen-bond donors (Lipinski definition) is 1. The van der Waals surface area contributed by atoms with Gasteiger partial charge in [-0.25, -0.2) is 0 Å². The summed E-state index contributed by atoms with van der Waals surface area (Å²) in [7, 11) is 0. The molecule has 0 unspecified atom stereocenters. The number of fused-ring (bicyclic) bond motifs is 1. The number of carbonyl (C=O) groups excluding carboxylic acids is 1. The molecule has 0 radical (unpaired) electrons. The van der Waals surface area contributed by atoms with E-state index in [1.54, 1.807) is 4.90 Å². The third-order valence-electron chi connectivity index (χ3n) is 5.70. The summed E-state index contributed by atoms with van der Waals surface area (Å²) < 4.78 is 39.1. The van der Waals surface area contributed by atoms with E-state index in [9.17, 15) is 18.0 Å². The minimum atomic E-state index is -4.38. The topological polar surface area (TPSA) is 32.3 Å². The Bertz CT molecular complexity index is 1120. The Hall–Kier alpha value is -3.54. The van der Waals surface area contributed by atoms with Gasteiger partial charge in [-0.3, -0.25) is 4.79 Å². The van der Waals surface area contributed by atoms with Gasteiger partial charge in [-0.15, -0.1) is 0 Å². The van der Waals surface area contributed by atoms with Crippen LogP contribution in [0.4, 0.5) is 18.9 Å². The normalized spacial score (nSPS) is 13.4. The maximum Gasteiger partial charge on any atom is 0.416 e. The van der Waals surface area contributed by atoms with Crippen molar-refractivity contribution in [3.05, 3.63) is 102 Å². The summed E-state index contributed by atoms with van der Waals surface area (Å²) in [6.45, 7) is 5.16. The average molecular weight is 436 g/mol. The minimum absolute atomic E-state index is 0.124. The number of amides is 1. The summed E-state index contributed by atoms with van der Waals surface area (Å²) in [5.74, 6) is -0.124. The maximum absolute atomic E-state index is 13.0. The van der Waals surface area contributed by atoms with Gasteiger partial charge in [0.2, 0.25) is 5.91 Å². The molecule has 3 aromatic carbocycles. The molecule has 0 aromatic heterocycles. The first kappa shape index (κ1) is 21.7. The van der Waals surface area contributed by atoms with Crippen LogP contribution in [0.2, 0.25) is 0 Å². The molecule has 0 aliphatic carbocycles. The first-order chi connectivity index (χ1) is 15.3. The fourth-order valence-electron chi connectivity index (χ4n) is 3.98. The van der Waals surface area contributed by atoms with Crippen LogP contribution in [0, 0.1) is 0 Å². The molecule has 0 saturated carbocycles. The van der Waals surface area contributed by atoms with Gasteiger partial charge in [0.15, 0.2) is 0 Å². The van der Waals surface area contributed by atoms with Gasteiger partial charge in [-0.2, -0.15) is 13.2 Å². The molecule has 0 atom stereocenters. The largest absolute Gasteiger partial charge is 0.416 e. The molecule has 0 saturated heterocycles. The Balaban J connectivity index is 1.71. The number of carbonyl (C=O) groups is 1. The van der Waals surface area contributed by atoms with Crippen LogP contribution in [0.25, 0.3) is 11.1 Å². The monoisotopic (exact) mass is 436 g/mol. The van der Waals surface area contributed by atoms with Crippen LogP contribution >= 0.6 is 0 Å². The number of para-hydroxylation sites is 1. The molecule has 6 heteroatoms. The van der Waals surface area contributed by atoms with Crippen molar-refractivity contribution in [2.75, 3.05) is 11.9 Å². The van der Waals surface area contributed by atoms with Gasteiger partial charge in [0.05, 0.1) is 5.56 Å². The summed E-state index contributed by atoms with van der Waals surface area (Å²) in [4.78, 5) is 13.8. The highest BCUT2D eigenvalue weighted by molar-refractivity contribution is 5.87. The summed E-state index contributed by atoms with van der Waals surface area (Å²) in [6, 6.07) is 19.1. The van der Waals surface area contributed by atoms with Crippen molar-refractivity contribution < 1.29 is 18.0 Å². The minimum Gasteiger partial charge on any atom is -0.381 e. The van der Waals surface area contributed by atoms with E-state index in [0.29, 0.717) is 25.2 Å². The van der Waals surface area contributed by atoms with E-state index >= 15 is 0 Å². The van der Waals surface area contributed by atoms with Crippen molar-refractivity contribution in [2.24, 2.45) is 0 Å². The van der Waals surface area contributed by atoms with E-state index in [2.05, 4.69) is 18.0 Å². The standard InChI is InChI=1S/C26H23F3N2O/c1-2-25(32)31-13-12-19-14-20(16-30-23-6-4-3-5-7-23)24(15-21(19)17-31)18-8-10-22(11-9-18)26(27,28)29/h2-11,14-15,30H,1,12-13,16-17H2.